The Bertz CT molecular complexity index is 824. The van der Waals surface area contributed by atoms with Gasteiger partial charge in [-0.1, -0.05) is 24.3 Å². The van der Waals surface area contributed by atoms with Crippen LogP contribution in [0, 0.1) is 0 Å². The van der Waals surface area contributed by atoms with E-state index in [0.717, 1.165) is 25.1 Å². The zero-order valence-corrected chi connectivity index (χ0v) is 19.3. The first-order valence-corrected chi connectivity index (χ1v) is 9.48. The quantitative estimate of drug-likeness (QED) is 0.323. The molecule has 0 radical (unpaired) electrons. The Morgan fingerprint density at radius 1 is 1.20 bits per heavy atom. The number of hydrogen-bond donors (Lipinski definition) is 2. The van der Waals surface area contributed by atoms with Crippen molar-refractivity contribution < 1.29 is 18.3 Å². The fourth-order valence-electron chi connectivity index (χ4n) is 3.34. The Kier molecular flexibility index (Phi) is 9.41. The number of ether oxygens (including phenoxy) is 2. The third kappa shape index (κ3) is 6.61. The lowest BCUT2D eigenvalue weighted by Gasteiger charge is -2.20. The van der Waals surface area contributed by atoms with Crippen LogP contribution in [0.2, 0.25) is 0 Å². The number of nitrogens with zero attached hydrogens (tertiary/aromatic N) is 2. The largest absolute Gasteiger partial charge is 0.493 e. The maximum absolute atomic E-state index is 12.6. The first-order valence-electron chi connectivity index (χ1n) is 9.48. The molecule has 0 bridgehead atoms. The Morgan fingerprint density at radius 3 is 2.63 bits per heavy atom. The van der Waals surface area contributed by atoms with Gasteiger partial charge in [0.2, 0.25) is 0 Å². The van der Waals surface area contributed by atoms with E-state index >= 15 is 0 Å². The minimum Gasteiger partial charge on any atom is -0.493 e. The van der Waals surface area contributed by atoms with Gasteiger partial charge in [-0.2, -0.15) is 8.78 Å². The lowest BCUT2D eigenvalue weighted by molar-refractivity contribution is -0.0512. The van der Waals surface area contributed by atoms with Gasteiger partial charge in [-0.25, -0.2) is 0 Å². The third-order valence-electron chi connectivity index (χ3n) is 4.78. The number of guanidine groups is 1. The molecule has 1 unspecified atom stereocenters. The van der Waals surface area contributed by atoms with E-state index in [4.69, 9.17) is 4.74 Å². The highest BCUT2D eigenvalue weighted by molar-refractivity contribution is 14.0. The van der Waals surface area contributed by atoms with Gasteiger partial charge in [0, 0.05) is 38.4 Å². The predicted molar refractivity (Wildman–Crippen MR) is 125 cm³/mol. The van der Waals surface area contributed by atoms with Crippen LogP contribution in [-0.4, -0.2) is 45.9 Å². The van der Waals surface area contributed by atoms with E-state index in [1.807, 2.05) is 18.2 Å². The minimum absolute atomic E-state index is 0. The van der Waals surface area contributed by atoms with E-state index in [2.05, 4.69) is 37.4 Å². The molecule has 2 N–H and O–H groups in total. The van der Waals surface area contributed by atoms with Crippen LogP contribution < -0.4 is 25.0 Å². The SMILES string of the molecule is CN=C(NCc1ccc(OC)c(OC(F)F)c1)NC1CCN(c2ccccc2)C1.I. The number of para-hydroxylation sites is 1. The predicted octanol–water partition coefficient (Wildman–Crippen LogP) is 3.86. The Hall–Kier alpha value is -2.30. The van der Waals surface area contributed by atoms with Crippen molar-refractivity contribution in [2.75, 3.05) is 32.1 Å². The van der Waals surface area contributed by atoms with Crippen molar-refractivity contribution >= 4 is 35.6 Å². The second-order valence-electron chi connectivity index (χ2n) is 6.70. The van der Waals surface area contributed by atoms with Crippen molar-refractivity contribution in [2.45, 2.75) is 25.6 Å². The highest BCUT2D eigenvalue weighted by atomic mass is 127. The van der Waals surface area contributed by atoms with Gasteiger partial charge in [0.1, 0.15) is 0 Å². The Labute approximate surface area is 192 Å². The molecule has 164 valence electrons. The van der Waals surface area contributed by atoms with Gasteiger partial charge in [0.05, 0.1) is 7.11 Å². The molecular weight excluding hydrogens is 505 g/mol. The topological polar surface area (TPSA) is 58.1 Å². The third-order valence-corrected chi connectivity index (χ3v) is 4.78. The number of halogens is 3. The van der Waals surface area contributed by atoms with E-state index < -0.39 is 6.61 Å². The molecule has 0 aliphatic carbocycles. The van der Waals surface area contributed by atoms with Gasteiger partial charge in [-0.15, -0.1) is 24.0 Å². The number of hydrogen-bond acceptors (Lipinski definition) is 4. The summed E-state index contributed by atoms with van der Waals surface area (Å²) in [6.45, 7) is -0.625. The van der Waals surface area contributed by atoms with Crippen molar-refractivity contribution in [3.63, 3.8) is 0 Å². The molecule has 1 aliphatic heterocycles. The van der Waals surface area contributed by atoms with Crippen molar-refractivity contribution in [2.24, 2.45) is 4.99 Å². The van der Waals surface area contributed by atoms with E-state index in [-0.39, 0.29) is 41.5 Å². The second kappa shape index (κ2) is 11.8. The van der Waals surface area contributed by atoms with Crippen LogP contribution in [0.25, 0.3) is 0 Å². The summed E-state index contributed by atoms with van der Waals surface area (Å²) in [4.78, 5) is 6.60. The summed E-state index contributed by atoms with van der Waals surface area (Å²) in [5.74, 6) is 0.944. The maximum atomic E-state index is 12.6. The molecule has 0 amide bonds. The first kappa shape index (κ1) is 24.0. The van der Waals surface area contributed by atoms with Gasteiger partial charge in [0.25, 0.3) is 0 Å². The number of alkyl halides is 2. The number of rotatable bonds is 7. The highest BCUT2D eigenvalue weighted by Gasteiger charge is 2.23. The molecule has 2 aromatic rings. The molecule has 9 heteroatoms. The van der Waals surface area contributed by atoms with Crippen LogP contribution in [0.15, 0.2) is 53.5 Å². The molecule has 0 aromatic heterocycles. The molecule has 1 heterocycles. The lowest BCUT2D eigenvalue weighted by atomic mass is 10.2. The minimum atomic E-state index is -2.91. The van der Waals surface area contributed by atoms with Gasteiger partial charge < -0.3 is 25.0 Å². The number of benzene rings is 2. The van der Waals surface area contributed by atoms with Gasteiger partial charge >= 0.3 is 6.61 Å². The molecule has 0 spiro atoms. The molecule has 1 aliphatic rings. The zero-order valence-electron chi connectivity index (χ0n) is 17.0. The van der Waals surface area contributed by atoms with E-state index in [1.165, 1.54) is 18.9 Å². The monoisotopic (exact) mass is 532 g/mol. The average molecular weight is 532 g/mol. The number of nitrogens with one attached hydrogen (secondary N) is 2. The van der Waals surface area contributed by atoms with Crippen LogP contribution in [0.3, 0.4) is 0 Å². The van der Waals surface area contributed by atoms with Gasteiger partial charge in [-0.3, -0.25) is 4.99 Å². The molecule has 30 heavy (non-hydrogen) atoms. The molecule has 1 atom stereocenters. The second-order valence-corrected chi connectivity index (χ2v) is 6.70. The van der Waals surface area contributed by atoms with E-state index in [0.29, 0.717) is 12.5 Å². The standard InChI is InChI=1S/C21H26F2N4O2.HI/c1-24-21(26-16-10-11-27(14-16)17-6-4-3-5-7-17)25-13-15-8-9-18(28-2)19(12-15)29-20(22)23;/h3-9,12,16,20H,10-11,13-14H2,1-2H3,(H2,24,25,26);1H. The Morgan fingerprint density at radius 2 is 1.97 bits per heavy atom. The number of methoxy groups -OCH3 is 1. The highest BCUT2D eigenvalue weighted by Crippen LogP contribution is 2.29. The van der Waals surface area contributed by atoms with Crippen molar-refractivity contribution in [1.29, 1.82) is 0 Å². The van der Waals surface area contributed by atoms with E-state index in [1.54, 1.807) is 19.2 Å². The smallest absolute Gasteiger partial charge is 0.387 e. The molecular formula is C21H27F2IN4O2. The molecule has 1 saturated heterocycles. The molecule has 0 saturated carbocycles. The van der Waals surface area contributed by atoms with Crippen LogP contribution >= 0.6 is 24.0 Å². The summed E-state index contributed by atoms with van der Waals surface area (Å²) in [6, 6.07) is 15.5. The Balaban J connectivity index is 0.00000320. The average Bonchev–Trinajstić information content (AvgIpc) is 3.20. The summed E-state index contributed by atoms with van der Waals surface area (Å²) in [5.41, 5.74) is 1.99. The summed E-state index contributed by atoms with van der Waals surface area (Å²) in [6.07, 6.45) is 1.00. The number of aliphatic imine (C=N–C) groups is 1. The summed E-state index contributed by atoms with van der Waals surface area (Å²) in [5, 5.41) is 6.65. The molecule has 1 fully saturated rings. The van der Waals surface area contributed by atoms with Crippen molar-refractivity contribution in [3.8, 4) is 11.5 Å². The summed E-state index contributed by atoms with van der Waals surface area (Å²) in [7, 11) is 3.12. The van der Waals surface area contributed by atoms with Gasteiger partial charge in [0.15, 0.2) is 17.5 Å². The maximum Gasteiger partial charge on any atom is 0.387 e. The zero-order chi connectivity index (χ0) is 20.6. The van der Waals surface area contributed by atoms with Crippen molar-refractivity contribution in [1.82, 2.24) is 10.6 Å². The van der Waals surface area contributed by atoms with Crippen molar-refractivity contribution in [3.05, 3.63) is 54.1 Å². The fourth-order valence-corrected chi connectivity index (χ4v) is 3.34. The van der Waals surface area contributed by atoms with E-state index in [9.17, 15) is 8.78 Å². The van der Waals surface area contributed by atoms with Gasteiger partial charge in [-0.05, 0) is 36.2 Å². The summed E-state index contributed by atoms with van der Waals surface area (Å²) < 4.78 is 34.8. The van der Waals surface area contributed by atoms with Crippen LogP contribution in [-0.2, 0) is 6.54 Å². The lowest BCUT2D eigenvalue weighted by Crippen LogP contribution is -2.44. The van der Waals surface area contributed by atoms with Crippen LogP contribution in [0.4, 0.5) is 14.5 Å². The summed E-state index contributed by atoms with van der Waals surface area (Å²) >= 11 is 0. The molecule has 2 aromatic carbocycles. The molecule has 6 nitrogen and oxygen atoms in total. The van der Waals surface area contributed by atoms with Crippen LogP contribution in [0.5, 0.6) is 11.5 Å². The molecule has 3 rings (SSSR count). The van der Waals surface area contributed by atoms with Crippen LogP contribution in [0.1, 0.15) is 12.0 Å². The normalized spacial score (nSPS) is 16.2. The number of anilines is 1. The fraction of sp³-hybridized carbons (Fsp3) is 0.381. The first-order chi connectivity index (χ1) is 14.1.